The molecular formula is C21H21NO2S2. The van der Waals surface area contributed by atoms with Gasteiger partial charge in [-0.3, -0.25) is 9.59 Å². The fraction of sp³-hybridized carbons (Fsp3) is 0.238. The van der Waals surface area contributed by atoms with Crippen molar-refractivity contribution in [3.63, 3.8) is 0 Å². The Balaban J connectivity index is 2.11. The molecule has 3 rings (SSSR count). The van der Waals surface area contributed by atoms with Crippen LogP contribution in [0.2, 0.25) is 0 Å². The van der Waals surface area contributed by atoms with Crippen LogP contribution in [0.25, 0.3) is 0 Å². The van der Waals surface area contributed by atoms with E-state index in [0.717, 1.165) is 31.5 Å². The zero-order valence-corrected chi connectivity index (χ0v) is 17.0. The van der Waals surface area contributed by atoms with Crippen molar-refractivity contribution in [2.24, 2.45) is 0 Å². The molecule has 0 N–H and O–H groups in total. The van der Waals surface area contributed by atoms with Gasteiger partial charge in [0.25, 0.3) is 0 Å². The molecule has 0 saturated carbocycles. The molecule has 0 aliphatic rings. The van der Waals surface area contributed by atoms with Crippen molar-refractivity contribution in [2.75, 3.05) is 0 Å². The Kier molecular flexibility index (Phi) is 5.49. The molecule has 0 atom stereocenters. The van der Waals surface area contributed by atoms with Crippen LogP contribution in [0.4, 0.5) is 0 Å². The van der Waals surface area contributed by atoms with E-state index < -0.39 is 0 Å². The number of pyridine rings is 1. The van der Waals surface area contributed by atoms with E-state index in [1.54, 1.807) is 11.3 Å². The summed E-state index contributed by atoms with van der Waals surface area (Å²) in [5.41, 5.74) is 4.28. The Labute approximate surface area is 161 Å². The van der Waals surface area contributed by atoms with Gasteiger partial charge >= 0.3 is 0 Å². The Morgan fingerprint density at radius 2 is 1.58 bits per heavy atom. The molecule has 0 radical (unpaired) electrons. The zero-order chi connectivity index (χ0) is 18.8. The molecule has 0 fully saturated rings. The van der Waals surface area contributed by atoms with Crippen LogP contribution in [0.15, 0.2) is 60.7 Å². The maximum Gasteiger partial charge on any atom is 0.188 e. The summed E-state index contributed by atoms with van der Waals surface area (Å²) in [5, 5.41) is 2.79. The van der Waals surface area contributed by atoms with Crippen LogP contribution >= 0.6 is 23.1 Å². The van der Waals surface area contributed by atoms with Crippen LogP contribution in [0.5, 0.6) is 0 Å². The van der Waals surface area contributed by atoms with Gasteiger partial charge < -0.3 is 4.57 Å². The van der Waals surface area contributed by atoms with Gasteiger partial charge in [-0.05, 0) is 38.6 Å². The van der Waals surface area contributed by atoms with Gasteiger partial charge in [0, 0.05) is 35.0 Å². The monoisotopic (exact) mass is 383 g/mol. The molecule has 0 aliphatic carbocycles. The number of aryl methyl sites for hydroxylation is 2. The lowest BCUT2D eigenvalue weighted by Crippen LogP contribution is -2.17. The molecule has 0 unspecified atom stereocenters. The first-order valence-corrected chi connectivity index (χ1v) is 10.1. The third-order valence-electron chi connectivity index (χ3n) is 4.36. The summed E-state index contributed by atoms with van der Waals surface area (Å²) in [4.78, 5) is 24.8. The van der Waals surface area contributed by atoms with E-state index in [0.29, 0.717) is 6.54 Å². The molecule has 0 amide bonds. The lowest BCUT2D eigenvalue weighted by atomic mass is 10.2. The van der Waals surface area contributed by atoms with Crippen molar-refractivity contribution in [1.29, 1.82) is 0 Å². The second-order valence-electron chi connectivity index (χ2n) is 6.45. The fourth-order valence-electron chi connectivity index (χ4n) is 2.85. The van der Waals surface area contributed by atoms with Crippen LogP contribution in [0.3, 0.4) is 0 Å². The quantitative estimate of drug-likeness (QED) is 0.655. The minimum Gasteiger partial charge on any atom is -0.337 e. The highest BCUT2D eigenvalue weighted by molar-refractivity contribution is 8.01. The lowest BCUT2D eigenvalue weighted by Gasteiger charge is -2.17. The van der Waals surface area contributed by atoms with Crippen molar-refractivity contribution in [2.45, 2.75) is 43.5 Å². The van der Waals surface area contributed by atoms with Crippen LogP contribution in [0.1, 0.15) is 27.8 Å². The van der Waals surface area contributed by atoms with E-state index in [-0.39, 0.29) is 10.9 Å². The molecular weight excluding hydrogens is 362 g/mol. The smallest absolute Gasteiger partial charge is 0.188 e. The van der Waals surface area contributed by atoms with Gasteiger partial charge in [0.15, 0.2) is 10.9 Å². The average molecular weight is 384 g/mol. The molecule has 0 spiro atoms. The van der Waals surface area contributed by atoms with Crippen molar-refractivity contribution >= 4 is 23.1 Å². The Morgan fingerprint density at radius 1 is 0.923 bits per heavy atom. The Hall–Kier alpha value is -2.11. The lowest BCUT2D eigenvalue weighted by molar-refractivity contribution is 0.696. The molecule has 3 aromatic rings. The summed E-state index contributed by atoms with van der Waals surface area (Å²) < 4.78 is 3.05. The minimum atomic E-state index is 0.0638. The second kappa shape index (κ2) is 7.64. The Bertz CT molecular complexity index is 1070. The summed E-state index contributed by atoms with van der Waals surface area (Å²) >= 11 is 3.07. The third-order valence-corrected chi connectivity index (χ3v) is 7.12. The Morgan fingerprint density at radius 3 is 2.27 bits per heavy atom. The zero-order valence-electron chi connectivity index (χ0n) is 15.3. The highest BCUT2D eigenvalue weighted by Gasteiger charge is 2.15. The van der Waals surface area contributed by atoms with Crippen molar-refractivity contribution in [3.8, 4) is 0 Å². The summed E-state index contributed by atoms with van der Waals surface area (Å²) in [6.45, 7) is 8.09. The van der Waals surface area contributed by atoms with Gasteiger partial charge in [-0.1, -0.05) is 42.1 Å². The molecule has 2 heterocycles. The summed E-state index contributed by atoms with van der Waals surface area (Å²) in [5.74, 6) is 0. The van der Waals surface area contributed by atoms with E-state index in [2.05, 4.69) is 16.7 Å². The molecule has 5 heteroatoms. The molecule has 0 saturated heterocycles. The maximum absolute atomic E-state index is 12.5. The third kappa shape index (κ3) is 3.69. The van der Waals surface area contributed by atoms with Crippen molar-refractivity contribution < 1.29 is 0 Å². The first kappa shape index (κ1) is 18.7. The molecule has 0 bridgehead atoms. The van der Waals surface area contributed by atoms with Gasteiger partial charge in [0.05, 0.1) is 9.24 Å². The largest absolute Gasteiger partial charge is 0.337 e. The predicted octanol–water partition coefficient (Wildman–Crippen LogP) is 4.70. The molecule has 2 aromatic heterocycles. The van der Waals surface area contributed by atoms with E-state index in [4.69, 9.17) is 0 Å². The molecule has 1 aromatic carbocycles. The summed E-state index contributed by atoms with van der Waals surface area (Å²) in [6, 6.07) is 10.2. The summed E-state index contributed by atoms with van der Waals surface area (Å²) in [6.07, 6.45) is 1.91. The van der Waals surface area contributed by atoms with E-state index in [9.17, 15) is 9.59 Å². The molecule has 26 heavy (non-hydrogen) atoms. The fourth-order valence-corrected chi connectivity index (χ4v) is 4.99. The predicted molar refractivity (Wildman–Crippen MR) is 110 cm³/mol. The molecule has 0 aliphatic heterocycles. The summed E-state index contributed by atoms with van der Waals surface area (Å²) in [7, 11) is 0. The normalized spacial score (nSPS) is 10.9. The van der Waals surface area contributed by atoms with Crippen LogP contribution in [-0.2, 0) is 6.54 Å². The highest BCUT2D eigenvalue weighted by atomic mass is 32.2. The van der Waals surface area contributed by atoms with Crippen molar-refractivity contribution in [3.05, 3.63) is 90.2 Å². The van der Waals surface area contributed by atoms with Gasteiger partial charge in [0.2, 0.25) is 0 Å². The number of hydrogen-bond acceptors (Lipinski definition) is 4. The first-order valence-electron chi connectivity index (χ1n) is 8.40. The van der Waals surface area contributed by atoms with Gasteiger partial charge in [-0.25, -0.2) is 0 Å². The number of hydrogen-bond donors (Lipinski definition) is 0. The second-order valence-corrected chi connectivity index (χ2v) is 8.58. The SMILES string of the molecule is Cc1csc(Sc2c(C)c(=O)c(C)cn2Cc2ccccc2)c(C)c1=O. The van der Waals surface area contributed by atoms with E-state index >= 15 is 0 Å². The van der Waals surface area contributed by atoms with E-state index in [1.807, 2.05) is 57.5 Å². The number of benzene rings is 1. The number of rotatable bonds is 4. The average Bonchev–Trinajstić information content (AvgIpc) is 2.64. The van der Waals surface area contributed by atoms with Crippen LogP contribution in [-0.4, -0.2) is 4.57 Å². The highest BCUT2D eigenvalue weighted by Crippen LogP contribution is 2.34. The van der Waals surface area contributed by atoms with Gasteiger partial charge in [-0.2, -0.15) is 0 Å². The minimum absolute atomic E-state index is 0.0638. The maximum atomic E-state index is 12.5. The first-order chi connectivity index (χ1) is 12.4. The van der Waals surface area contributed by atoms with Gasteiger partial charge in [-0.15, -0.1) is 11.3 Å². The standard InChI is InChI=1S/C21H21NO2S2/c1-13-10-22(11-17-8-6-5-7-9-17)20(15(3)18(13)23)26-21-16(4)19(24)14(2)12-25-21/h5-10,12H,11H2,1-4H3. The van der Waals surface area contributed by atoms with Crippen LogP contribution in [0, 0.1) is 27.7 Å². The number of aromatic nitrogens is 1. The van der Waals surface area contributed by atoms with E-state index in [1.165, 1.54) is 17.3 Å². The number of nitrogens with zero attached hydrogens (tertiary/aromatic N) is 1. The topological polar surface area (TPSA) is 39.1 Å². The van der Waals surface area contributed by atoms with Gasteiger partial charge in [0.1, 0.15) is 0 Å². The molecule has 3 nitrogen and oxygen atoms in total. The van der Waals surface area contributed by atoms with Crippen LogP contribution < -0.4 is 10.9 Å². The van der Waals surface area contributed by atoms with Crippen molar-refractivity contribution in [1.82, 2.24) is 4.57 Å². The molecule has 134 valence electrons.